The Hall–Kier alpha value is -3.08. The molecule has 1 unspecified atom stereocenters. The fourth-order valence-electron chi connectivity index (χ4n) is 3.13. The highest BCUT2D eigenvalue weighted by Crippen LogP contribution is 2.39. The summed E-state index contributed by atoms with van der Waals surface area (Å²) in [7, 11) is 3.27. The Bertz CT molecular complexity index is 837. The van der Waals surface area contributed by atoms with Crippen LogP contribution in [0.25, 0.3) is 11.1 Å². The Morgan fingerprint density at radius 1 is 0.923 bits per heavy atom. The first kappa shape index (κ1) is 17.7. The van der Waals surface area contributed by atoms with Crippen molar-refractivity contribution in [2.45, 2.75) is 19.6 Å². The van der Waals surface area contributed by atoms with Crippen LogP contribution in [-0.4, -0.2) is 20.4 Å². The number of nitrogens with zero attached hydrogens (tertiary/aromatic N) is 2. The number of allylic oxidation sites excluding steroid dienone is 2. The molecular formula is C21H21N2O3. The molecule has 1 aliphatic heterocycles. The largest absolute Gasteiger partial charge is 0.497 e. The van der Waals surface area contributed by atoms with Gasteiger partial charge in [0.1, 0.15) is 11.5 Å². The summed E-state index contributed by atoms with van der Waals surface area (Å²) in [5, 5.41) is 3.43. The molecular weight excluding hydrogens is 328 g/mol. The molecule has 1 aliphatic rings. The molecule has 1 heterocycles. The van der Waals surface area contributed by atoms with Gasteiger partial charge in [-0.25, -0.2) is 0 Å². The molecule has 2 aromatic carbocycles. The fourth-order valence-corrected chi connectivity index (χ4v) is 3.13. The van der Waals surface area contributed by atoms with Crippen LogP contribution in [0.15, 0.2) is 65.5 Å². The van der Waals surface area contributed by atoms with E-state index in [1.54, 1.807) is 20.5 Å². The minimum absolute atomic E-state index is 0.750. The van der Waals surface area contributed by atoms with E-state index in [4.69, 9.17) is 14.2 Å². The van der Waals surface area contributed by atoms with Crippen LogP contribution in [0, 0.1) is 0 Å². The lowest BCUT2D eigenvalue weighted by atomic mass is 9.87. The predicted octanol–water partition coefficient (Wildman–Crippen LogP) is 4.52. The van der Waals surface area contributed by atoms with E-state index in [0.29, 0.717) is 0 Å². The molecule has 0 aliphatic carbocycles. The van der Waals surface area contributed by atoms with Crippen molar-refractivity contribution < 1.29 is 14.2 Å². The highest BCUT2D eigenvalue weighted by atomic mass is 16.5. The lowest BCUT2D eigenvalue weighted by Gasteiger charge is -2.26. The second-order valence-corrected chi connectivity index (χ2v) is 5.84. The Morgan fingerprint density at radius 3 is 1.92 bits per heavy atom. The Morgan fingerprint density at radius 2 is 1.46 bits per heavy atom. The number of rotatable bonds is 6. The number of hydrogen-bond donors (Lipinski definition) is 0. The molecule has 0 fully saturated rings. The molecule has 0 amide bonds. The van der Waals surface area contributed by atoms with Gasteiger partial charge in [0.15, 0.2) is 0 Å². The van der Waals surface area contributed by atoms with Crippen LogP contribution in [0.4, 0.5) is 0 Å². The van der Waals surface area contributed by atoms with Crippen molar-refractivity contribution in [1.82, 2.24) is 5.53 Å². The van der Waals surface area contributed by atoms with E-state index in [1.807, 2.05) is 48.5 Å². The molecule has 1 radical (unpaired) electrons. The van der Waals surface area contributed by atoms with Crippen molar-refractivity contribution in [3.8, 4) is 11.5 Å². The van der Waals surface area contributed by atoms with E-state index in [1.165, 1.54) is 0 Å². The number of benzene rings is 2. The second-order valence-electron chi connectivity index (χ2n) is 5.84. The van der Waals surface area contributed by atoms with E-state index >= 15 is 0 Å². The van der Waals surface area contributed by atoms with Crippen LogP contribution >= 0.6 is 0 Å². The van der Waals surface area contributed by atoms with Crippen molar-refractivity contribution >= 4 is 11.1 Å². The first-order valence-electron chi connectivity index (χ1n) is 8.44. The van der Waals surface area contributed by atoms with Crippen LogP contribution in [0.5, 0.6) is 11.5 Å². The van der Waals surface area contributed by atoms with Gasteiger partial charge in [-0.2, -0.15) is 0 Å². The molecule has 2 aromatic rings. The lowest BCUT2D eigenvalue weighted by molar-refractivity contribution is 0.194. The van der Waals surface area contributed by atoms with Gasteiger partial charge in [0.25, 0.3) is 0 Å². The third-order valence-corrected chi connectivity index (χ3v) is 4.47. The average Bonchev–Trinajstić information content (AvgIpc) is 2.72. The Balaban J connectivity index is 2.09. The monoisotopic (exact) mass is 349 g/mol. The molecule has 0 N–H and O–H groups in total. The maximum Gasteiger partial charge on any atom is 0.236 e. The molecule has 3 rings (SSSR count). The molecule has 0 aromatic heterocycles. The minimum atomic E-state index is -0.750. The van der Waals surface area contributed by atoms with Gasteiger partial charge in [0, 0.05) is 11.1 Å². The van der Waals surface area contributed by atoms with Gasteiger partial charge in [-0.15, -0.1) is 5.11 Å². The lowest BCUT2D eigenvalue weighted by Crippen LogP contribution is -2.17. The maximum absolute atomic E-state index is 9.46. The maximum atomic E-state index is 9.46. The minimum Gasteiger partial charge on any atom is -0.497 e. The molecule has 0 spiro atoms. The predicted molar refractivity (Wildman–Crippen MR) is 101 cm³/mol. The van der Waals surface area contributed by atoms with Crippen molar-refractivity contribution in [2.24, 2.45) is 5.11 Å². The summed E-state index contributed by atoms with van der Waals surface area (Å²) in [6.07, 6.45) is 1.69. The summed E-state index contributed by atoms with van der Waals surface area (Å²) in [6.45, 7) is 2.08. The number of ether oxygens (including phenoxy) is 3. The quantitative estimate of drug-likeness (QED) is 0.721. The van der Waals surface area contributed by atoms with Crippen LogP contribution in [-0.2, 0) is 4.74 Å². The van der Waals surface area contributed by atoms with Crippen molar-refractivity contribution in [2.75, 3.05) is 14.2 Å². The van der Waals surface area contributed by atoms with E-state index in [-0.39, 0.29) is 0 Å². The average molecular weight is 349 g/mol. The van der Waals surface area contributed by atoms with Gasteiger partial charge in [-0.1, -0.05) is 31.2 Å². The summed E-state index contributed by atoms with van der Waals surface area (Å²) in [5.74, 6) is 1.57. The third-order valence-electron chi connectivity index (χ3n) is 4.47. The number of hydrogen-bond acceptors (Lipinski definition) is 4. The van der Waals surface area contributed by atoms with Gasteiger partial charge in [-0.3, -0.25) is 0 Å². The summed E-state index contributed by atoms with van der Waals surface area (Å²) >= 11 is 0. The Labute approximate surface area is 153 Å². The van der Waals surface area contributed by atoms with Crippen LogP contribution in [0.2, 0.25) is 0 Å². The molecule has 26 heavy (non-hydrogen) atoms. The number of methoxy groups -OCH3 is 2. The summed E-state index contributed by atoms with van der Waals surface area (Å²) < 4.78 is 16.2. The van der Waals surface area contributed by atoms with Crippen molar-refractivity contribution in [1.29, 1.82) is 0 Å². The summed E-state index contributed by atoms with van der Waals surface area (Å²) in [5.41, 5.74) is 14.3. The van der Waals surface area contributed by atoms with Gasteiger partial charge >= 0.3 is 0 Å². The standard InChI is InChI=1S/C21H21N2O3/c1-4-18-19(14-5-9-16(24-2)10-6-14)13-26-21(23-22)20(18)15-7-11-17(25-3)12-8-15/h5-13,21H,4H2,1-3H3. The molecule has 0 saturated heterocycles. The van der Waals surface area contributed by atoms with E-state index in [0.717, 1.165) is 45.8 Å². The summed E-state index contributed by atoms with van der Waals surface area (Å²) in [6, 6.07) is 15.5. The van der Waals surface area contributed by atoms with Gasteiger partial charge in [-0.05, 0) is 52.9 Å². The fraction of sp³-hybridized carbons (Fsp3) is 0.238. The molecule has 0 bridgehead atoms. The molecule has 1 atom stereocenters. The first-order chi connectivity index (χ1) is 12.7. The van der Waals surface area contributed by atoms with Crippen molar-refractivity contribution in [3.63, 3.8) is 0 Å². The normalized spacial score (nSPS) is 16.6. The van der Waals surface area contributed by atoms with Crippen molar-refractivity contribution in [3.05, 3.63) is 71.5 Å². The van der Waals surface area contributed by atoms with E-state index < -0.39 is 6.23 Å². The summed E-state index contributed by atoms with van der Waals surface area (Å²) in [4.78, 5) is 0. The van der Waals surface area contributed by atoms with Gasteiger partial charge in [0.05, 0.1) is 20.5 Å². The van der Waals surface area contributed by atoms with Gasteiger partial charge in [0.2, 0.25) is 6.23 Å². The van der Waals surface area contributed by atoms with E-state index in [9.17, 15) is 5.53 Å². The highest BCUT2D eigenvalue weighted by Gasteiger charge is 2.27. The zero-order chi connectivity index (χ0) is 18.5. The molecule has 133 valence electrons. The van der Waals surface area contributed by atoms with Crippen LogP contribution in [0.3, 0.4) is 0 Å². The van der Waals surface area contributed by atoms with E-state index in [2.05, 4.69) is 12.0 Å². The van der Waals surface area contributed by atoms with Crippen LogP contribution < -0.4 is 15.0 Å². The first-order valence-corrected chi connectivity index (χ1v) is 8.44. The Kier molecular flexibility index (Phi) is 5.37. The third kappa shape index (κ3) is 3.33. The van der Waals surface area contributed by atoms with Gasteiger partial charge < -0.3 is 14.2 Å². The SMILES string of the molecule is CCC1=C(c2ccc(OC)cc2)C(N=[N])OC=C1c1ccc(OC)cc1. The zero-order valence-electron chi connectivity index (χ0n) is 15.1. The molecule has 5 heteroatoms. The second kappa shape index (κ2) is 7.87. The zero-order valence-corrected chi connectivity index (χ0v) is 15.1. The smallest absolute Gasteiger partial charge is 0.236 e. The van der Waals surface area contributed by atoms with Crippen LogP contribution in [0.1, 0.15) is 24.5 Å². The topological polar surface area (TPSA) is 62.4 Å². The molecule has 5 nitrogen and oxygen atoms in total. The molecule has 0 saturated carbocycles. The highest BCUT2D eigenvalue weighted by molar-refractivity contribution is 5.91.